The molecule has 1 atom stereocenters. The van der Waals surface area contributed by atoms with Gasteiger partial charge in [0.05, 0.1) is 6.04 Å². The molecule has 0 spiro atoms. The third-order valence-electron chi connectivity index (χ3n) is 2.58. The predicted molar refractivity (Wildman–Crippen MR) is 77.6 cm³/mol. The van der Waals surface area contributed by atoms with E-state index in [-0.39, 0.29) is 17.9 Å². The SMILES string of the molecule is CC(=O)Nc1ncnc(NC(C)c2ccc(Cl)cc2)n1. The van der Waals surface area contributed by atoms with E-state index in [1.807, 2.05) is 31.2 Å². The fourth-order valence-corrected chi connectivity index (χ4v) is 1.74. The second kappa shape index (κ2) is 6.29. The van der Waals surface area contributed by atoms with Crippen LogP contribution in [0.3, 0.4) is 0 Å². The summed E-state index contributed by atoms with van der Waals surface area (Å²) in [6, 6.07) is 7.50. The molecule has 0 aliphatic heterocycles. The zero-order valence-electron chi connectivity index (χ0n) is 11.1. The van der Waals surface area contributed by atoms with E-state index in [4.69, 9.17) is 11.6 Å². The van der Waals surface area contributed by atoms with Gasteiger partial charge in [0, 0.05) is 11.9 Å². The minimum absolute atomic E-state index is 0.000144. The maximum Gasteiger partial charge on any atom is 0.234 e. The Labute approximate surface area is 121 Å². The first-order valence-electron chi connectivity index (χ1n) is 6.03. The highest BCUT2D eigenvalue weighted by Gasteiger charge is 2.08. The quantitative estimate of drug-likeness (QED) is 0.905. The van der Waals surface area contributed by atoms with Gasteiger partial charge in [-0.3, -0.25) is 10.1 Å². The summed E-state index contributed by atoms with van der Waals surface area (Å²) >= 11 is 5.85. The number of nitrogens with one attached hydrogen (secondary N) is 2. The van der Waals surface area contributed by atoms with Crippen molar-refractivity contribution in [1.82, 2.24) is 15.0 Å². The molecule has 7 heteroatoms. The number of hydrogen-bond acceptors (Lipinski definition) is 5. The number of carbonyl (C=O) groups excluding carboxylic acids is 1. The number of hydrogen-bond donors (Lipinski definition) is 2. The Kier molecular flexibility index (Phi) is 4.47. The highest BCUT2D eigenvalue weighted by Crippen LogP contribution is 2.19. The first-order valence-corrected chi connectivity index (χ1v) is 6.41. The Bertz CT molecular complexity index is 602. The largest absolute Gasteiger partial charge is 0.348 e. The molecule has 0 bridgehead atoms. The summed E-state index contributed by atoms with van der Waals surface area (Å²) in [4.78, 5) is 22.9. The van der Waals surface area contributed by atoms with Gasteiger partial charge in [-0.25, -0.2) is 9.97 Å². The summed E-state index contributed by atoms with van der Waals surface area (Å²) in [5.41, 5.74) is 1.05. The van der Waals surface area contributed by atoms with Crippen LogP contribution in [-0.2, 0) is 4.79 Å². The lowest BCUT2D eigenvalue weighted by Gasteiger charge is -2.14. The van der Waals surface area contributed by atoms with Crippen molar-refractivity contribution >= 4 is 29.4 Å². The van der Waals surface area contributed by atoms with Gasteiger partial charge in [0.2, 0.25) is 17.8 Å². The minimum Gasteiger partial charge on any atom is -0.348 e. The lowest BCUT2D eigenvalue weighted by atomic mass is 10.1. The molecule has 1 amide bonds. The third-order valence-corrected chi connectivity index (χ3v) is 2.83. The van der Waals surface area contributed by atoms with Crippen molar-refractivity contribution in [3.63, 3.8) is 0 Å². The molecule has 2 N–H and O–H groups in total. The third kappa shape index (κ3) is 3.89. The second-order valence-electron chi connectivity index (χ2n) is 4.23. The van der Waals surface area contributed by atoms with Crippen molar-refractivity contribution in [3.05, 3.63) is 41.2 Å². The topological polar surface area (TPSA) is 79.8 Å². The predicted octanol–water partition coefficient (Wildman–Crippen LogP) is 2.66. The van der Waals surface area contributed by atoms with Crippen LogP contribution in [0.2, 0.25) is 5.02 Å². The number of anilines is 2. The molecule has 0 saturated carbocycles. The van der Waals surface area contributed by atoms with Crippen LogP contribution < -0.4 is 10.6 Å². The van der Waals surface area contributed by atoms with Gasteiger partial charge in [-0.1, -0.05) is 23.7 Å². The molecule has 0 saturated heterocycles. The zero-order valence-corrected chi connectivity index (χ0v) is 11.8. The minimum atomic E-state index is -0.229. The first-order chi connectivity index (χ1) is 9.54. The molecule has 1 heterocycles. The molecule has 0 aliphatic rings. The summed E-state index contributed by atoms with van der Waals surface area (Å²) in [5, 5.41) is 6.33. The van der Waals surface area contributed by atoms with Gasteiger partial charge in [-0.2, -0.15) is 4.98 Å². The van der Waals surface area contributed by atoms with Crippen molar-refractivity contribution in [2.24, 2.45) is 0 Å². The smallest absolute Gasteiger partial charge is 0.234 e. The summed E-state index contributed by atoms with van der Waals surface area (Å²) in [6.07, 6.45) is 1.34. The molecule has 20 heavy (non-hydrogen) atoms. The molecule has 2 aromatic rings. The normalized spacial score (nSPS) is 11.8. The van der Waals surface area contributed by atoms with Crippen LogP contribution in [0.4, 0.5) is 11.9 Å². The van der Waals surface area contributed by atoms with E-state index in [1.165, 1.54) is 13.3 Å². The maximum absolute atomic E-state index is 11.0. The van der Waals surface area contributed by atoms with Crippen LogP contribution in [0.1, 0.15) is 25.5 Å². The number of rotatable bonds is 4. The van der Waals surface area contributed by atoms with Crippen molar-refractivity contribution in [2.45, 2.75) is 19.9 Å². The Hall–Kier alpha value is -2.21. The molecule has 1 aromatic heterocycles. The molecule has 2 rings (SSSR count). The average Bonchev–Trinajstić information content (AvgIpc) is 2.39. The van der Waals surface area contributed by atoms with Crippen LogP contribution in [0.15, 0.2) is 30.6 Å². The van der Waals surface area contributed by atoms with Gasteiger partial charge < -0.3 is 5.32 Å². The van der Waals surface area contributed by atoms with Gasteiger partial charge in [0.1, 0.15) is 6.33 Å². The summed E-state index contributed by atoms with van der Waals surface area (Å²) in [7, 11) is 0. The van der Waals surface area contributed by atoms with Crippen molar-refractivity contribution < 1.29 is 4.79 Å². The van der Waals surface area contributed by atoms with E-state index in [0.717, 1.165) is 5.56 Å². The number of benzene rings is 1. The van der Waals surface area contributed by atoms with E-state index in [1.54, 1.807) is 0 Å². The fraction of sp³-hybridized carbons (Fsp3) is 0.231. The fourth-order valence-electron chi connectivity index (χ4n) is 1.61. The van der Waals surface area contributed by atoms with Gasteiger partial charge in [-0.15, -0.1) is 0 Å². The standard InChI is InChI=1S/C13H14ClN5O/c1-8(10-3-5-11(14)6-4-10)17-12-15-7-16-13(19-12)18-9(2)20/h3-8H,1-2H3,(H2,15,16,17,18,19,20). The van der Waals surface area contributed by atoms with Gasteiger partial charge in [-0.05, 0) is 24.6 Å². The number of nitrogens with zero attached hydrogens (tertiary/aromatic N) is 3. The Morgan fingerprint density at radius 1 is 1.20 bits per heavy atom. The Morgan fingerprint density at radius 3 is 2.50 bits per heavy atom. The molecular weight excluding hydrogens is 278 g/mol. The average molecular weight is 292 g/mol. The summed E-state index contributed by atoms with van der Waals surface area (Å²) in [5.74, 6) is 0.386. The Morgan fingerprint density at radius 2 is 1.85 bits per heavy atom. The van der Waals surface area contributed by atoms with Gasteiger partial charge >= 0.3 is 0 Å². The molecule has 0 radical (unpaired) electrons. The summed E-state index contributed by atoms with van der Waals surface area (Å²) in [6.45, 7) is 3.37. The molecule has 0 aliphatic carbocycles. The van der Waals surface area contributed by atoms with Crippen molar-refractivity contribution in [2.75, 3.05) is 10.6 Å². The lowest BCUT2D eigenvalue weighted by molar-refractivity contribution is -0.114. The highest BCUT2D eigenvalue weighted by atomic mass is 35.5. The summed E-state index contributed by atoms with van der Waals surface area (Å²) < 4.78 is 0. The highest BCUT2D eigenvalue weighted by molar-refractivity contribution is 6.30. The maximum atomic E-state index is 11.0. The van der Waals surface area contributed by atoms with Crippen LogP contribution >= 0.6 is 11.6 Å². The lowest BCUT2D eigenvalue weighted by Crippen LogP contribution is -2.13. The van der Waals surface area contributed by atoms with Gasteiger partial charge in [0.25, 0.3) is 0 Å². The van der Waals surface area contributed by atoms with Crippen LogP contribution in [0.25, 0.3) is 0 Å². The molecule has 6 nitrogen and oxygen atoms in total. The van der Waals surface area contributed by atoms with E-state index < -0.39 is 0 Å². The van der Waals surface area contributed by atoms with Crippen molar-refractivity contribution in [1.29, 1.82) is 0 Å². The van der Waals surface area contributed by atoms with Crippen molar-refractivity contribution in [3.8, 4) is 0 Å². The van der Waals surface area contributed by atoms with E-state index in [9.17, 15) is 4.79 Å². The number of carbonyl (C=O) groups is 1. The number of aromatic nitrogens is 3. The van der Waals surface area contributed by atoms with Crippen LogP contribution in [0, 0.1) is 0 Å². The van der Waals surface area contributed by atoms with E-state index in [2.05, 4.69) is 25.6 Å². The van der Waals surface area contributed by atoms with Gasteiger partial charge in [0.15, 0.2) is 0 Å². The van der Waals surface area contributed by atoms with E-state index in [0.29, 0.717) is 11.0 Å². The zero-order chi connectivity index (χ0) is 14.5. The van der Waals surface area contributed by atoms with Crippen LogP contribution in [-0.4, -0.2) is 20.9 Å². The first kappa shape index (κ1) is 14.2. The monoisotopic (exact) mass is 291 g/mol. The second-order valence-corrected chi connectivity index (χ2v) is 4.67. The number of amides is 1. The molecule has 1 aromatic carbocycles. The van der Waals surface area contributed by atoms with Crippen LogP contribution in [0.5, 0.6) is 0 Å². The number of halogens is 1. The Balaban J connectivity index is 2.09. The molecular formula is C13H14ClN5O. The molecule has 1 unspecified atom stereocenters. The van der Waals surface area contributed by atoms with E-state index >= 15 is 0 Å². The molecule has 104 valence electrons. The molecule has 0 fully saturated rings.